The average molecular weight is 849 g/mol. The summed E-state index contributed by atoms with van der Waals surface area (Å²) in [4.78, 5) is 117. The molecule has 1 heterocycles. The molecule has 60 heavy (non-hydrogen) atoms. The monoisotopic (exact) mass is 848 g/mol. The lowest BCUT2D eigenvalue weighted by Gasteiger charge is -2.23. The Labute approximate surface area is 345 Å². The molecular weight excluding hydrogens is 792 g/mol. The van der Waals surface area contributed by atoms with E-state index >= 15 is 0 Å². The summed E-state index contributed by atoms with van der Waals surface area (Å²) in [6, 6.07) is 3.49. The normalized spacial score (nSPS) is 19.6. The second-order valence-corrected chi connectivity index (χ2v) is 13.5. The number of nitrogens with two attached hydrogens (primary N) is 2. The van der Waals surface area contributed by atoms with Crippen molar-refractivity contribution in [2.75, 3.05) is 52.6 Å². The number of nitrogens with one attached hydrogen (secondary N) is 7. The number of carbonyl (C=O) groups excluding carboxylic acids is 7. The van der Waals surface area contributed by atoms with Crippen LogP contribution in [0.5, 0.6) is 0 Å². The van der Waals surface area contributed by atoms with Crippen LogP contribution in [0.4, 0.5) is 0 Å². The first-order valence-electron chi connectivity index (χ1n) is 19.3. The Kier molecular flexibility index (Phi) is 23.3. The Hall–Kier alpha value is -6.36. The molecule has 0 bridgehead atoms. The molecule has 0 aliphatic carbocycles. The van der Waals surface area contributed by atoms with Gasteiger partial charge in [-0.25, -0.2) is 0 Å². The molecule has 23 heteroatoms. The van der Waals surface area contributed by atoms with E-state index in [0.717, 1.165) is 0 Å². The number of carbonyl (C=O) groups is 9. The number of carboxylic acids is 2. The Balaban J connectivity index is 2.18. The SMILES string of the molecule is NC(N)=NCCCC1NC(=O)C(NC(=O)COCCOCCNC(=O)CCC(=O)O)CCCCNC(=O)[C@@H](Cc2ccccc2)NC(=O)[C@H](CC(=O)O)NC(=O)CNC1=O. The van der Waals surface area contributed by atoms with Gasteiger partial charge in [0.05, 0.1) is 39.2 Å². The molecule has 0 radical (unpaired) electrons. The van der Waals surface area contributed by atoms with Crippen LogP contribution in [0.25, 0.3) is 0 Å². The van der Waals surface area contributed by atoms with E-state index in [1.54, 1.807) is 30.3 Å². The van der Waals surface area contributed by atoms with Crippen molar-refractivity contribution in [2.24, 2.45) is 16.5 Å². The Morgan fingerprint density at radius 2 is 1.47 bits per heavy atom. The second-order valence-electron chi connectivity index (χ2n) is 13.5. The van der Waals surface area contributed by atoms with Crippen LogP contribution in [0.15, 0.2) is 35.3 Å². The highest BCUT2D eigenvalue weighted by Gasteiger charge is 2.30. The summed E-state index contributed by atoms with van der Waals surface area (Å²) in [6.45, 7) is -0.738. The minimum atomic E-state index is -1.62. The first kappa shape index (κ1) is 49.8. The topological polar surface area (TPSA) is 361 Å². The van der Waals surface area contributed by atoms with E-state index < -0.39 is 97.0 Å². The van der Waals surface area contributed by atoms with Gasteiger partial charge in [0.2, 0.25) is 41.4 Å². The lowest BCUT2D eigenvalue weighted by Crippen LogP contribution is -2.57. The van der Waals surface area contributed by atoms with E-state index in [4.69, 9.17) is 26.0 Å². The zero-order chi connectivity index (χ0) is 44.3. The van der Waals surface area contributed by atoms with Crippen LogP contribution < -0.4 is 48.7 Å². The van der Waals surface area contributed by atoms with Crippen LogP contribution in [0.3, 0.4) is 0 Å². The quantitative estimate of drug-likeness (QED) is 0.0340. The number of guanidine groups is 1. The fraction of sp³-hybridized carbons (Fsp3) is 0.568. The molecule has 1 aliphatic rings. The molecule has 7 amide bonds. The first-order chi connectivity index (χ1) is 28.6. The van der Waals surface area contributed by atoms with Gasteiger partial charge in [0.1, 0.15) is 30.8 Å². The van der Waals surface area contributed by atoms with Crippen LogP contribution in [0, 0.1) is 0 Å². The number of rotatable bonds is 20. The summed E-state index contributed by atoms with van der Waals surface area (Å²) in [5, 5.41) is 35.8. The van der Waals surface area contributed by atoms with Crippen LogP contribution in [0.1, 0.15) is 56.9 Å². The third kappa shape index (κ3) is 22.0. The van der Waals surface area contributed by atoms with E-state index in [0.29, 0.717) is 12.0 Å². The second kappa shape index (κ2) is 28.1. The highest BCUT2D eigenvalue weighted by Crippen LogP contribution is 2.08. The molecule has 1 saturated heterocycles. The van der Waals surface area contributed by atoms with E-state index in [1.165, 1.54) is 0 Å². The van der Waals surface area contributed by atoms with Crippen LogP contribution in [-0.2, 0) is 59.0 Å². The summed E-state index contributed by atoms with van der Waals surface area (Å²) in [5.74, 6) is -7.84. The van der Waals surface area contributed by atoms with Crippen molar-refractivity contribution >= 4 is 59.2 Å². The zero-order valence-electron chi connectivity index (χ0n) is 33.2. The number of benzene rings is 1. The van der Waals surface area contributed by atoms with Crippen molar-refractivity contribution in [3.05, 3.63) is 35.9 Å². The number of amides is 7. The Morgan fingerprint density at radius 3 is 2.17 bits per heavy atom. The maximum Gasteiger partial charge on any atom is 0.305 e. The Bertz CT molecular complexity index is 1640. The predicted octanol–water partition coefficient (Wildman–Crippen LogP) is -3.87. The molecular formula is C37H56N10O13. The molecule has 0 aromatic heterocycles. The number of aliphatic carboxylic acids is 2. The van der Waals surface area contributed by atoms with Gasteiger partial charge >= 0.3 is 11.9 Å². The number of nitrogens with zero attached hydrogens (tertiary/aromatic N) is 1. The van der Waals surface area contributed by atoms with Crippen LogP contribution in [0.2, 0.25) is 0 Å². The average Bonchev–Trinajstić information content (AvgIpc) is 3.19. The lowest BCUT2D eigenvalue weighted by atomic mass is 10.0. The van der Waals surface area contributed by atoms with Crippen molar-refractivity contribution in [3.63, 3.8) is 0 Å². The standard InChI is InChI=1S/C37H56N10O13/c38-37(39)42-14-6-10-24-33(55)43-21-29(49)45-27(20-32(53)54)36(58)47-26(19-23-7-2-1-3-8-23)34(56)41-13-5-4-9-25(35(57)46-24)44-30(50)22-60-18-17-59-16-15-40-28(48)11-12-31(51)52/h1-3,7-8,24-27H,4-6,9-22H2,(H,40,48)(H,41,56)(H,43,55)(H,44,50)(H,45,49)(H,46,57)(H,47,58)(H,51,52)(H,53,54)(H4,38,39,42)/t24?,25?,26-,27+/m1/s1. The molecule has 1 aliphatic heterocycles. The van der Waals surface area contributed by atoms with Crippen LogP contribution in [-0.4, -0.2) is 146 Å². The minimum Gasteiger partial charge on any atom is -0.481 e. The van der Waals surface area contributed by atoms with Gasteiger partial charge in [-0.2, -0.15) is 0 Å². The van der Waals surface area contributed by atoms with Gasteiger partial charge in [-0.05, 0) is 37.7 Å². The highest BCUT2D eigenvalue weighted by molar-refractivity contribution is 5.96. The molecule has 0 saturated carbocycles. The number of aliphatic imine (C=N–C) groups is 1. The third-order valence-electron chi connectivity index (χ3n) is 8.56. The lowest BCUT2D eigenvalue weighted by molar-refractivity contribution is -0.141. The minimum absolute atomic E-state index is 0.00928. The molecule has 1 aromatic carbocycles. The zero-order valence-corrected chi connectivity index (χ0v) is 33.2. The molecule has 1 fully saturated rings. The van der Waals surface area contributed by atoms with Gasteiger partial charge in [0.25, 0.3) is 0 Å². The highest BCUT2D eigenvalue weighted by atomic mass is 16.5. The van der Waals surface area contributed by atoms with E-state index in [1.807, 2.05) is 0 Å². The summed E-state index contributed by atoms with van der Waals surface area (Å²) in [7, 11) is 0. The van der Waals surface area contributed by atoms with Gasteiger partial charge in [-0.3, -0.25) is 48.1 Å². The van der Waals surface area contributed by atoms with Gasteiger partial charge in [-0.1, -0.05) is 30.3 Å². The van der Waals surface area contributed by atoms with Crippen molar-refractivity contribution in [1.29, 1.82) is 0 Å². The van der Waals surface area contributed by atoms with Crippen molar-refractivity contribution in [3.8, 4) is 0 Å². The fourth-order valence-corrected chi connectivity index (χ4v) is 5.57. The van der Waals surface area contributed by atoms with Gasteiger partial charge < -0.3 is 68.4 Å². The van der Waals surface area contributed by atoms with Gasteiger partial charge in [0.15, 0.2) is 5.96 Å². The fourth-order valence-electron chi connectivity index (χ4n) is 5.57. The van der Waals surface area contributed by atoms with Crippen molar-refractivity contribution < 1.29 is 62.8 Å². The molecule has 4 atom stereocenters. The smallest absolute Gasteiger partial charge is 0.305 e. The van der Waals surface area contributed by atoms with Crippen LogP contribution >= 0.6 is 0 Å². The van der Waals surface area contributed by atoms with Crippen molar-refractivity contribution in [1.82, 2.24) is 37.2 Å². The molecule has 0 spiro atoms. The summed E-state index contributed by atoms with van der Waals surface area (Å²) in [5.41, 5.74) is 11.5. The number of carboxylic acid groups (broad SMARTS) is 2. The maximum absolute atomic E-state index is 13.7. The maximum atomic E-state index is 13.7. The number of ether oxygens (including phenoxy) is 2. The molecule has 13 N–H and O–H groups in total. The first-order valence-corrected chi connectivity index (χ1v) is 19.3. The van der Waals surface area contributed by atoms with Gasteiger partial charge in [-0.15, -0.1) is 0 Å². The third-order valence-corrected chi connectivity index (χ3v) is 8.56. The summed E-state index contributed by atoms with van der Waals surface area (Å²) >= 11 is 0. The van der Waals surface area contributed by atoms with E-state index in [9.17, 15) is 48.3 Å². The molecule has 2 rings (SSSR count). The number of hydrogen-bond donors (Lipinski definition) is 11. The van der Waals surface area contributed by atoms with Crippen molar-refractivity contribution in [2.45, 2.75) is 82.0 Å². The largest absolute Gasteiger partial charge is 0.481 e. The molecule has 2 unspecified atom stereocenters. The van der Waals surface area contributed by atoms with E-state index in [2.05, 4.69) is 42.2 Å². The molecule has 332 valence electrons. The number of hydrogen-bond acceptors (Lipinski definition) is 12. The molecule has 23 nitrogen and oxygen atoms in total. The van der Waals surface area contributed by atoms with Gasteiger partial charge in [0, 0.05) is 32.5 Å². The molecule has 1 aromatic rings. The summed E-state index contributed by atoms with van der Waals surface area (Å²) < 4.78 is 10.7. The predicted molar refractivity (Wildman–Crippen MR) is 211 cm³/mol. The van der Waals surface area contributed by atoms with E-state index in [-0.39, 0.29) is 90.4 Å². The Morgan fingerprint density at radius 1 is 0.767 bits per heavy atom. The summed E-state index contributed by atoms with van der Waals surface area (Å²) in [6.07, 6.45) is -0.408.